The SMILES string of the molecule is NCC1CCN(Cc2cc(=O)n3cc(Br)ccc3n2)CC1. The van der Waals surface area contributed by atoms with E-state index in [1.807, 2.05) is 12.1 Å². The second-order valence-electron chi connectivity index (χ2n) is 5.62. The molecule has 6 heteroatoms. The van der Waals surface area contributed by atoms with Crippen LogP contribution < -0.4 is 11.3 Å². The number of piperidine rings is 1. The fourth-order valence-corrected chi connectivity index (χ4v) is 3.15. The molecular weight excluding hydrogens is 332 g/mol. The minimum absolute atomic E-state index is 0.0341. The highest BCUT2D eigenvalue weighted by Crippen LogP contribution is 2.17. The molecule has 2 N–H and O–H groups in total. The molecule has 0 bridgehead atoms. The van der Waals surface area contributed by atoms with Gasteiger partial charge in [-0.15, -0.1) is 0 Å². The Morgan fingerprint density at radius 1 is 1.33 bits per heavy atom. The van der Waals surface area contributed by atoms with Gasteiger partial charge >= 0.3 is 0 Å². The van der Waals surface area contributed by atoms with Crippen LogP contribution in [0.25, 0.3) is 5.65 Å². The zero-order chi connectivity index (χ0) is 14.8. The monoisotopic (exact) mass is 350 g/mol. The Morgan fingerprint density at radius 3 is 2.81 bits per heavy atom. The number of halogens is 1. The van der Waals surface area contributed by atoms with Crippen molar-refractivity contribution in [1.82, 2.24) is 14.3 Å². The van der Waals surface area contributed by atoms with Gasteiger partial charge in [0, 0.05) is 23.3 Å². The predicted octanol–water partition coefficient (Wildman–Crippen LogP) is 1.63. The van der Waals surface area contributed by atoms with Crippen LogP contribution in [0.1, 0.15) is 18.5 Å². The van der Waals surface area contributed by atoms with Crippen LogP contribution in [0.15, 0.2) is 33.7 Å². The van der Waals surface area contributed by atoms with E-state index in [0.717, 1.165) is 49.2 Å². The number of aromatic nitrogens is 2. The van der Waals surface area contributed by atoms with E-state index in [2.05, 4.69) is 25.8 Å². The Labute approximate surface area is 131 Å². The van der Waals surface area contributed by atoms with E-state index in [0.29, 0.717) is 11.6 Å². The highest BCUT2D eigenvalue weighted by atomic mass is 79.9. The molecule has 0 amide bonds. The molecule has 1 aliphatic heterocycles. The molecule has 0 atom stereocenters. The first-order valence-corrected chi connectivity index (χ1v) is 8.05. The molecule has 0 aliphatic carbocycles. The molecule has 2 aromatic heterocycles. The summed E-state index contributed by atoms with van der Waals surface area (Å²) in [5.41, 5.74) is 7.22. The van der Waals surface area contributed by atoms with Gasteiger partial charge in [-0.3, -0.25) is 14.1 Å². The number of nitrogens with zero attached hydrogens (tertiary/aromatic N) is 3. The summed E-state index contributed by atoms with van der Waals surface area (Å²) in [6, 6.07) is 5.39. The largest absolute Gasteiger partial charge is 0.330 e. The second kappa shape index (κ2) is 6.25. The minimum Gasteiger partial charge on any atom is -0.330 e. The Kier molecular flexibility index (Phi) is 4.37. The fourth-order valence-electron chi connectivity index (χ4n) is 2.82. The molecule has 0 spiro atoms. The summed E-state index contributed by atoms with van der Waals surface area (Å²) in [6.45, 7) is 3.57. The van der Waals surface area contributed by atoms with Gasteiger partial charge in [0.1, 0.15) is 5.65 Å². The standard InChI is InChI=1S/C15H19BrN4O/c16-12-1-2-14-18-13(7-15(21)20(14)9-12)10-19-5-3-11(8-17)4-6-19/h1-2,7,9,11H,3-6,8,10,17H2. The summed E-state index contributed by atoms with van der Waals surface area (Å²) in [4.78, 5) is 19.1. The van der Waals surface area contributed by atoms with Crippen LogP contribution in [0.4, 0.5) is 0 Å². The van der Waals surface area contributed by atoms with E-state index in [9.17, 15) is 4.79 Å². The average molecular weight is 351 g/mol. The van der Waals surface area contributed by atoms with Gasteiger partial charge in [-0.2, -0.15) is 0 Å². The van der Waals surface area contributed by atoms with Crippen LogP contribution in [-0.2, 0) is 6.54 Å². The zero-order valence-corrected chi connectivity index (χ0v) is 13.4. The lowest BCUT2D eigenvalue weighted by Gasteiger charge is -2.30. The molecule has 0 saturated carbocycles. The minimum atomic E-state index is -0.0341. The molecule has 0 aromatic carbocycles. The lowest BCUT2D eigenvalue weighted by molar-refractivity contribution is 0.179. The van der Waals surface area contributed by atoms with E-state index in [-0.39, 0.29) is 5.56 Å². The maximum atomic E-state index is 12.2. The van der Waals surface area contributed by atoms with Crippen LogP contribution in [-0.4, -0.2) is 33.9 Å². The van der Waals surface area contributed by atoms with Gasteiger partial charge in [0.05, 0.1) is 5.69 Å². The third-order valence-corrected chi connectivity index (χ3v) is 4.57. The lowest BCUT2D eigenvalue weighted by Crippen LogP contribution is -2.36. The normalized spacial score (nSPS) is 17.4. The molecule has 3 rings (SSSR count). The number of hydrogen-bond acceptors (Lipinski definition) is 4. The van der Waals surface area contributed by atoms with Crippen molar-refractivity contribution < 1.29 is 0 Å². The van der Waals surface area contributed by atoms with Gasteiger partial charge in [-0.05, 0) is 66.5 Å². The van der Waals surface area contributed by atoms with Crippen LogP contribution in [0.2, 0.25) is 0 Å². The highest BCUT2D eigenvalue weighted by molar-refractivity contribution is 9.10. The summed E-state index contributed by atoms with van der Waals surface area (Å²) in [6.07, 6.45) is 4.02. The second-order valence-corrected chi connectivity index (χ2v) is 6.53. The quantitative estimate of drug-likeness (QED) is 0.913. The van der Waals surface area contributed by atoms with Crippen LogP contribution in [0, 0.1) is 5.92 Å². The summed E-state index contributed by atoms with van der Waals surface area (Å²) in [5.74, 6) is 0.647. The predicted molar refractivity (Wildman–Crippen MR) is 86.2 cm³/mol. The van der Waals surface area contributed by atoms with Crippen molar-refractivity contribution >= 4 is 21.6 Å². The van der Waals surface area contributed by atoms with Gasteiger partial charge in [-0.25, -0.2) is 4.98 Å². The third-order valence-electron chi connectivity index (χ3n) is 4.10. The summed E-state index contributed by atoms with van der Waals surface area (Å²) < 4.78 is 2.43. The number of pyridine rings is 1. The van der Waals surface area contributed by atoms with Crippen LogP contribution in [0.5, 0.6) is 0 Å². The van der Waals surface area contributed by atoms with E-state index < -0.39 is 0 Å². The molecule has 0 unspecified atom stereocenters. The Bertz CT molecular complexity index is 692. The van der Waals surface area contributed by atoms with Gasteiger partial charge in [0.25, 0.3) is 5.56 Å². The molecule has 1 aliphatic rings. The van der Waals surface area contributed by atoms with Crippen molar-refractivity contribution in [1.29, 1.82) is 0 Å². The number of rotatable bonds is 3. The molecule has 0 radical (unpaired) electrons. The molecule has 112 valence electrons. The molecule has 1 fully saturated rings. The van der Waals surface area contributed by atoms with Crippen LogP contribution in [0.3, 0.4) is 0 Å². The first-order valence-electron chi connectivity index (χ1n) is 7.26. The van der Waals surface area contributed by atoms with E-state index >= 15 is 0 Å². The van der Waals surface area contributed by atoms with Crippen molar-refractivity contribution in [3.8, 4) is 0 Å². The average Bonchev–Trinajstić information content (AvgIpc) is 2.49. The number of nitrogens with two attached hydrogens (primary N) is 1. The van der Waals surface area contributed by atoms with E-state index in [1.54, 1.807) is 16.7 Å². The zero-order valence-electron chi connectivity index (χ0n) is 11.8. The van der Waals surface area contributed by atoms with Crippen LogP contribution >= 0.6 is 15.9 Å². The smallest absolute Gasteiger partial charge is 0.258 e. The number of fused-ring (bicyclic) bond motifs is 1. The fraction of sp³-hybridized carbons (Fsp3) is 0.467. The molecule has 2 aromatic rings. The van der Waals surface area contributed by atoms with Gasteiger partial charge in [0.15, 0.2) is 0 Å². The highest BCUT2D eigenvalue weighted by Gasteiger charge is 2.18. The van der Waals surface area contributed by atoms with Crippen molar-refractivity contribution in [3.05, 3.63) is 44.9 Å². The van der Waals surface area contributed by atoms with Crippen molar-refractivity contribution in [2.75, 3.05) is 19.6 Å². The Hall–Kier alpha value is -1.24. The van der Waals surface area contributed by atoms with Gasteiger partial charge < -0.3 is 5.73 Å². The molecule has 3 heterocycles. The van der Waals surface area contributed by atoms with Gasteiger partial charge in [0.2, 0.25) is 0 Å². The van der Waals surface area contributed by atoms with E-state index in [1.165, 1.54) is 0 Å². The molecule has 5 nitrogen and oxygen atoms in total. The summed E-state index contributed by atoms with van der Waals surface area (Å²) in [5, 5.41) is 0. The molecule has 21 heavy (non-hydrogen) atoms. The number of likely N-dealkylation sites (tertiary alicyclic amines) is 1. The maximum Gasteiger partial charge on any atom is 0.258 e. The lowest BCUT2D eigenvalue weighted by atomic mass is 9.97. The third kappa shape index (κ3) is 3.33. The molecule has 1 saturated heterocycles. The maximum absolute atomic E-state index is 12.2. The molecular formula is C15H19BrN4O. The number of hydrogen-bond donors (Lipinski definition) is 1. The Balaban J connectivity index is 1.79. The Morgan fingerprint density at radius 2 is 2.10 bits per heavy atom. The van der Waals surface area contributed by atoms with E-state index in [4.69, 9.17) is 5.73 Å². The van der Waals surface area contributed by atoms with Crippen molar-refractivity contribution in [2.24, 2.45) is 11.7 Å². The van der Waals surface area contributed by atoms with Gasteiger partial charge in [-0.1, -0.05) is 0 Å². The summed E-state index contributed by atoms with van der Waals surface area (Å²) in [7, 11) is 0. The van der Waals surface area contributed by atoms with Crippen molar-refractivity contribution in [3.63, 3.8) is 0 Å². The summed E-state index contributed by atoms with van der Waals surface area (Å²) >= 11 is 3.37. The first-order chi connectivity index (χ1) is 10.2. The van der Waals surface area contributed by atoms with Crippen molar-refractivity contribution in [2.45, 2.75) is 19.4 Å². The first kappa shape index (κ1) is 14.7. The topological polar surface area (TPSA) is 63.6 Å².